The second-order valence-corrected chi connectivity index (χ2v) is 9.01. The lowest BCUT2D eigenvalue weighted by Crippen LogP contribution is -2.37. The molecule has 0 atom stereocenters. The first-order valence-corrected chi connectivity index (χ1v) is 11.9. The van der Waals surface area contributed by atoms with Crippen molar-refractivity contribution < 1.29 is 40.6 Å². The highest BCUT2D eigenvalue weighted by molar-refractivity contribution is 6.33. The maximum Gasteiger partial charge on any atom is 0.416 e. The van der Waals surface area contributed by atoms with Crippen LogP contribution in [0.1, 0.15) is 16.7 Å². The molecular weight excluding hydrogens is 554 g/mol. The lowest BCUT2D eigenvalue weighted by atomic mass is 10.0. The average molecular weight is 575 g/mol. The molecule has 14 heteroatoms. The van der Waals surface area contributed by atoms with E-state index in [9.17, 15) is 31.1 Å². The fraction of sp³-hybridized carbons (Fsp3) is 0.320. The molecule has 0 saturated carbocycles. The van der Waals surface area contributed by atoms with Crippen LogP contribution in [0.5, 0.6) is 5.75 Å². The first-order chi connectivity index (χ1) is 18.3. The molecule has 1 saturated heterocycles. The molecule has 2 aromatic carbocycles. The van der Waals surface area contributed by atoms with Crippen molar-refractivity contribution in [2.45, 2.75) is 18.9 Å². The van der Waals surface area contributed by atoms with Crippen LogP contribution < -0.4 is 9.64 Å². The topological polar surface area (TPSA) is 67.8 Å². The standard InChI is InChI=1S/C25H21ClF6N4O3/c1-35(14-15-10-16(24(27,28)29)12-17(11-15)25(30,31)32)23(37)39-20-13-33-22(36-6-8-38-9-7-36)34-21(20)18-4-2-3-5-19(18)26/h2-5,10-13H,6-9,14H2,1H3. The molecule has 3 aromatic rings. The molecule has 0 N–H and O–H groups in total. The second-order valence-electron chi connectivity index (χ2n) is 8.60. The molecule has 1 aliphatic heterocycles. The molecule has 0 radical (unpaired) electrons. The van der Waals surface area contributed by atoms with Crippen LogP contribution in [0.3, 0.4) is 0 Å². The summed E-state index contributed by atoms with van der Waals surface area (Å²) in [4.78, 5) is 24.4. The van der Waals surface area contributed by atoms with Crippen molar-refractivity contribution in [1.29, 1.82) is 0 Å². The zero-order valence-electron chi connectivity index (χ0n) is 20.3. The number of carbonyl (C=O) groups excluding carboxylic acids is 1. The number of benzene rings is 2. The molecular formula is C25H21ClF6N4O3. The minimum absolute atomic E-state index is 0.0189. The van der Waals surface area contributed by atoms with Crippen molar-refractivity contribution in [1.82, 2.24) is 14.9 Å². The fourth-order valence-electron chi connectivity index (χ4n) is 3.82. The normalized spacial score (nSPS) is 14.3. The Labute approximate surface area is 223 Å². The Hall–Kier alpha value is -3.58. The monoisotopic (exact) mass is 574 g/mol. The van der Waals surface area contributed by atoms with E-state index in [1.54, 1.807) is 24.3 Å². The SMILES string of the molecule is CN(Cc1cc(C(F)(F)F)cc(C(F)(F)F)c1)C(=O)Oc1cnc(N2CCOCC2)nc1-c1ccccc1Cl. The van der Waals surface area contributed by atoms with Crippen molar-refractivity contribution in [2.75, 3.05) is 38.3 Å². The average Bonchev–Trinajstić information content (AvgIpc) is 2.88. The zero-order chi connectivity index (χ0) is 28.4. The van der Waals surface area contributed by atoms with E-state index in [0.717, 1.165) is 4.90 Å². The van der Waals surface area contributed by atoms with Crippen molar-refractivity contribution in [2.24, 2.45) is 0 Å². The molecule has 7 nitrogen and oxygen atoms in total. The lowest BCUT2D eigenvalue weighted by molar-refractivity contribution is -0.143. The number of hydrogen-bond donors (Lipinski definition) is 0. The maximum absolute atomic E-state index is 13.2. The third-order valence-corrected chi connectivity index (χ3v) is 6.07. The Morgan fingerprint density at radius 2 is 1.67 bits per heavy atom. The summed E-state index contributed by atoms with van der Waals surface area (Å²) in [6.07, 6.45) is -9.83. The van der Waals surface area contributed by atoms with Gasteiger partial charge >= 0.3 is 18.4 Å². The van der Waals surface area contributed by atoms with E-state index in [1.807, 2.05) is 4.90 Å². The summed E-state index contributed by atoms with van der Waals surface area (Å²) in [5.41, 5.74) is -2.75. The summed E-state index contributed by atoms with van der Waals surface area (Å²) in [6.45, 7) is 1.40. The van der Waals surface area contributed by atoms with Gasteiger partial charge in [-0.25, -0.2) is 14.8 Å². The number of aromatic nitrogens is 2. The fourth-order valence-corrected chi connectivity index (χ4v) is 4.04. The van der Waals surface area contributed by atoms with E-state index in [-0.39, 0.29) is 23.1 Å². The van der Waals surface area contributed by atoms with E-state index in [1.165, 1.54) is 13.2 Å². The first-order valence-electron chi connectivity index (χ1n) is 11.5. The number of ether oxygens (including phenoxy) is 2. The van der Waals surface area contributed by atoms with Crippen molar-refractivity contribution in [3.8, 4) is 17.0 Å². The van der Waals surface area contributed by atoms with Gasteiger partial charge in [0.05, 0.1) is 35.6 Å². The van der Waals surface area contributed by atoms with Crippen molar-refractivity contribution >= 4 is 23.6 Å². The Morgan fingerprint density at radius 1 is 1.05 bits per heavy atom. The van der Waals surface area contributed by atoms with Crippen LogP contribution in [0, 0.1) is 0 Å². The summed E-state index contributed by atoms with van der Waals surface area (Å²) in [7, 11) is 1.17. The van der Waals surface area contributed by atoms with E-state index in [2.05, 4.69) is 9.97 Å². The van der Waals surface area contributed by atoms with Crippen LogP contribution in [0.4, 0.5) is 37.1 Å². The van der Waals surface area contributed by atoms with Crippen LogP contribution in [0.15, 0.2) is 48.7 Å². The van der Waals surface area contributed by atoms with Gasteiger partial charge in [0.15, 0.2) is 5.75 Å². The molecule has 0 aliphatic carbocycles. The molecule has 2 heterocycles. The highest BCUT2D eigenvalue weighted by Gasteiger charge is 2.37. The van der Waals surface area contributed by atoms with Gasteiger partial charge in [0.1, 0.15) is 5.69 Å². The summed E-state index contributed by atoms with van der Waals surface area (Å²) < 4.78 is 90.1. The predicted octanol–water partition coefficient (Wildman–Crippen LogP) is 6.30. The van der Waals surface area contributed by atoms with Gasteiger partial charge in [0.25, 0.3) is 0 Å². The molecule has 1 aromatic heterocycles. The molecule has 1 amide bonds. The Balaban J connectivity index is 1.61. The summed E-state index contributed by atoms with van der Waals surface area (Å²) in [5.74, 6) is 0.238. The highest BCUT2D eigenvalue weighted by Crippen LogP contribution is 2.37. The van der Waals surface area contributed by atoms with Crippen molar-refractivity contribution in [3.05, 3.63) is 70.4 Å². The molecule has 0 unspecified atom stereocenters. The smallest absolute Gasteiger partial charge is 0.406 e. The van der Waals surface area contributed by atoms with Crippen LogP contribution in [-0.2, 0) is 23.6 Å². The van der Waals surface area contributed by atoms with E-state index < -0.39 is 36.1 Å². The predicted molar refractivity (Wildman–Crippen MR) is 129 cm³/mol. The van der Waals surface area contributed by atoms with E-state index >= 15 is 0 Å². The Morgan fingerprint density at radius 3 is 2.26 bits per heavy atom. The molecule has 1 fully saturated rings. The number of amides is 1. The van der Waals surface area contributed by atoms with E-state index in [0.29, 0.717) is 55.0 Å². The second kappa shape index (κ2) is 11.3. The number of hydrogen-bond acceptors (Lipinski definition) is 6. The van der Waals surface area contributed by atoms with Gasteiger partial charge in [0, 0.05) is 32.2 Å². The number of alkyl halides is 6. The molecule has 1 aliphatic rings. The minimum Gasteiger partial charge on any atom is -0.406 e. The number of anilines is 1. The molecule has 0 bridgehead atoms. The highest BCUT2D eigenvalue weighted by atomic mass is 35.5. The zero-order valence-corrected chi connectivity index (χ0v) is 21.1. The van der Waals surface area contributed by atoms with Gasteiger partial charge in [-0.15, -0.1) is 0 Å². The van der Waals surface area contributed by atoms with Gasteiger partial charge in [-0.05, 0) is 29.8 Å². The van der Waals surface area contributed by atoms with Gasteiger partial charge in [-0.3, -0.25) is 0 Å². The molecule has 4 rings (SSSR count). The van der Waals surface area contributed by atoms with Crippen LogP contribution >= 0.6 is 11.6 Å². The van der Waals surface area contributed by atoms with Crippen LogP contribution in [-0.4, -0.2) is 54.3 Å². The van der Waals surface area contributed by atoms with E-state index in [4.69, 9.17) is 21.1 Å². The third-order valence-electron chi connectivity index (χ3n) is 5.74. The van der Waals surface area contributed by atoms with Crippen molar-refractivity contribution in [3.63, 3.8) is 0 Å². The molecule has 208 valence electrons. The molecule has 39 heavy (non-hydrogen) atoms. The van der Waals surface area contributed by atoms with Crippen LogP contribution in [0.2, 0.25) is 5.02 Å². The number of carbonyl (C=O) groups is 1. The largest absolute Gasteiger partial charge is 0.416 e. The number of morpholine rings is 1. The molecule has 0 spiro atoms. The number of nitrogens with zero attached hydrogens (tertiary/aromatic N) is 4. The van der Waals surface area contributed by atoms with Gasteiger partial charge < -0.3 is 19.3 Å². The summed E-state index contributed by atoms with van der Waals surface area (Å²) in [5, 5.41) is 0.304. The maximum atomic E-state index is 13.2. The third kappa shape index (κ3) is 6.90. The Kier molecular flexibility index (Phi) is 8.21. The first kappa shape index (κ1) is 28.4. The quantitative estimate of drug-likeness (QED) is 0.333. The lowest BCUT2D eigenvalue weighted by Gasteiger charge is -2.27. The summed E-state index contributed by atoms with van der Waals surface area (Å²) in [6, 6.07) is 7.77. The van der Waals surface area contributed by atoms with Crippen LogP contribution in [0.25, 0.3) is 11.3 Å². The Bertz CT molecular complexity index is 1310. The number of rotatable bonds is 5. The minimum atomic E-state index is -5.02. The van der Waals surface area contributed by atoms with Gasteiger partial charge in [-0.1, -0.05) is 29.8 Å². The van der Waals surface area contributed by atoms with Gasteiger partial charge in [-0.2, -0.15) is 26.3 Å². The summed E-state index contributed by atoms with van der Waals surface area (Å²) >= 11 is 6.35. The van der Waals surface area contributed by atoms with Gasteiger partial charge in [0.2, 0.25) is 5.95 Å². The number of halogens is 7.